The molecule has 0 saturated heterocycles. The third-order valence-electron chi connectivity index (χ3n) is 3.35. The van der Waals surface area contributed by atoms with Gasteiger partial charge in [-0.1, -0.05) is 24.3 Å². The average Bonchev–Trinajstić information content (AvgIpc) is 3.10. The van der Waals surface area contributed by atoms with Crippen LogP contribution in [0, 0.1) is 6.92 Å². The molecule has 1 heterocycles. The molecule has 1 aliphatic carbocycles. The highest BCUT2D eigenvalue weighted by Gasteiger charge is 2.20. The van der Waals surface area contributed by atoms with Crippen LogP contribution in [0.2, 0.25) is 0 Å². The van der Waals surface area contributed by atoms with Crippen LogP contribution < -0.4 is 5.32 Å². The van der Waals surface area contributed by atoms with Crippen LogP contribution in [0.5, 0.6) is 0 Å². The Morgan fingerprint density at radius 2 is 2.17 bits per heavy atom. The minimum Gasteiger partial charge on any atom is -0.308 e. The van der Waals surface area contributed by atoms with Gasteiger partial charge in [0.25, 0.3) is 0 Å². The van der Waals surface area contributed by atoms with Crippen LogP contribution in [0.15, 0.2) is 29.6 Å². The Kier molecular flexibility index (Phi) is 3.43. The van der Waals surface area contributed by atoms with Crippen molar-refractivity contribution in [2.24, 2.45) is 0 Å². The minimum atomic E-state index is 0.756. The molecule has 0 unspecified atom stereocenters. The first-order valence-electron chi connectivity index (χ1n) is 6.52. The smallest absolute Gasteiger partial charge is 0.0972 e. The molecule has 3 rings (SSSR count). The highest BCUT2D eigenvalue weighted by Crippen LogP contribution is 2.20. The highest BCUT2D eigenvalue weighted by molar-refractivity contribution is 7.09. The predicted octanol–water partition coefficient (Wildman–Crippen LogP) is 3.29. The summed E-state index contributed by atoms with van der Waals surface area (Å²) in [4.78, 5) is 4.70. The van der Waals surface area contributed by atoms with Crippen molar-refractivity contribution in [2.45, 2.75) is 38.8 Å². The van der Waals surface area contributed by atoms with E-state index in [9.17, 15) is 0 Å². The van der Waals surface area contributed by atoms with E-state index in [1.54, 1.807) is 11.3 Å². The summed E-state index contributed by atoms with van der Waals surface area (Å²) < 4.78 is 0. The molecule has 2 nitrogen and oxygen atoms in total. The van der Waals surface area contributed by atoms with E-state index in [4.69, 9.17) is 4.98 Å². The van der Waals surface area contributed by atoms with Crippen LogP contribution in [-0.4, -0.2) is 11.0 Å². The Bertz CT molecular complexity index is 529. The van der Waals surface area contributed by atoms with Crippen LogP contribution >= 0.6 is 11.3 Å². The Labute approximate surface area is 112 Å². The van der Waals surface area contributed by atoms with E-state index in [1.165, 1.54) is 34.7 Å². The van der Waals surface area contributed by atoms with E-state index in [-0.39, 0.29) is 0 Å². The minimum absolute atomic E-state index is 0.756. The van der Waals surface area contributed by atoms with Gasteiger partial charge < -0.3 is 5.32 Å². The summed E-state index contributed by atoms with van der Waals surface area (Å²) in [5, 5.41) is 6.91. The Morgan fingerprint density at radius 3 is 2.94 bits per heavy atom. The second kappa shape index (κ2) is 5.21. The molecule has 1 aromatic carbocycles. The van der Waals surface area contributed by atoms with Crippen LogP contribution in [0.25, 0.3) is 0 Å². The van der Waals surface area contributed by atoms with Gasteiger partial charge in [-0.05, 0) is 30.9 Å². The first-order chi connectivity index (χ1) is 8.81. The lowest BCUT2D eigenvalue weighted by molar-refractivity contribution is 0.676. The van der Waals surface area contributed by atoms with Gasteiger partial charge in [0.1, 0.15) is 0 Å². The standard InChI is InChI=1S/C15H18N2S/c1-11-4-2-3-5-12(11)8-15-17-14(10-18-15)9-16-13-6-7-13/h2-5,10,13,16H,6-9H2,1H3. The molecule has 18 heavy (non-hydrogen) atoms. The highest BCUT2D eigenvalue weighted by atomic mass is 32.1. The summed E-state index contributed by atoms with van der Waals surface area (Å²) in [6, 6.07) is 9.31. The normalized spacial score (nSPS) is 14.9. The molecule has 0 atom stereocenters. The van der Waals surface area contributed by atoms with Crippen LogP contribution in [0.3, 0.4) is 0 Å². The maximum Gasteiger partial charge on any atom is 0.0972 e. The van der Waals surface area contributed by atoms with Gasteiger partial charge in [0.2, 0.25) is 0 Å². The Balaban J connectivity index is 1.63. The zero-order valence-electron chi connectivity index (χ0n) is 10.6. The number of nitrogens with one attached hydrogen (secondary N) is 1. The van der Waals surface area contributed by atoms with Crippen molar-refractivity contribution >= 4 is 11.3 Å². The largest absolute Gasteiger partial charge is 0.308 e. The van der Waals surface area contributed by atoms with Crippen molar-refractivity contribution in [3.05, 3.63) is 51.5 Å². The van der Waals surface area contributed by atoms with Gasteiger partial charge in [-0.25, -0.2) is 4.98 Å². The van der Waals surface area contributed by atoms with Crippen LogP contribution in [0.1, 0.15) is 34.7 Å². The Morgan fingerprint density at radius 1 is 1.33 bits per heavy atom. The quantitative estimate of drug-likeness (QED) is 0.890. The molecule has 1 aromatic heterocycles. The predicted molar refractivity (Wildman–Crippen MR) is 76.0 cm³/mol. The van der Waals surface area contributed by atoms with Gasteiger partial charge in [-0.3, -0.25) is 0 Å². The fraction of sp³-hybridized carbons (Fsp3) is 0.400. The van der Waals surface area contributed by atoms with Gasteiger partial charge in [0.15, 0.2) is 0 Å². The van der Waals surface area contributed by atoms with Crippen molar-refractivity contribution in [1.29, 1.82) is 0 Å². The van der Waals surface area contributed by atoms with Gasteiger partial charge in [-0.15, -0.1) is 11.3 Å². The van der Waals surface area contributed by atoms with Crippen molar-refractivity contribution in [1.82, 2.24) is 10.3 Å². The van der Waals surface area contributed by atoms with E-state index in [0.717, 1.165) is 19.0 Å². The first kappa shape index (κ1) is 11.9. The molecule has 94 valence electrons. The molecule has 0 radical (unpaired) electrons. The first-order valence-corrected chi connectivity index (χ1v) is 7.40. The maximum atomic E-state index is 4.70. The van der Waals surface area contributed by atoms with Gasteiger partial charge in [0.05, 0.1) is 10.7 Å². The van der Waals surface area contributed by atoms with Crippen molar-refractivity contribution in [3.63, 3.8) is 0 Å². The van der Waals surface area contributed by atoms with Gasteiger partial charge in [0, 0.05) is 24.4 Å². The summed E-state index contributed by atoms with van der Waals surface area (Å²) in [6.07, 6.45) is 3.63. The zero-order valence-corrected chi connectivity index (χ0v) is 11.5. The maximum absolute atomic E-state index is 4.70. The number of rotatable bonds is 5. The molecule has 3 heteroatoms. The number of aryl methyl sites for hydroxylation is 1. The number of hydrogen-bond donors (Lipinski definition) is 1. The third kappa shape index (κ3) is 2.98. The van der Waals surface area contributed by atoms with Crippen molar-refractivity contribution < 1.29 is 0 Å². The van der Waals surface area contributed by atoms with Crippen LogP contribution in [-0.2, 0) is 13.0 Å². The van der Waals surface area contributed by atoms with E-state index < -0.39 is 0 Å². The lowest BCUT2D eigenvalue weighted by Crippen LogP contribution is -2.15. The molecule has 0 spiro atoms. The second-order valence-electron chi connectivity index (χ2n) is 4.99. The molecule has 1 saturated carbocycles. The second-order valence-corrected chi connectivity index (χ2v) is 5.93. The molecule has 0 bridgehead atoms. The molecular weight excluding hydrogens is 240 g/mol. The average molecular weight is 258 g/mol. The molecule has 1 aliphatic rings. The van der Waals surface area contributed by atoms with E-state index in [1.807, 2.05) is 0 Å². The van der Waals surface area contributed by atoms with E-state index in [2.05, 4.69) is 41.9 Å². The number of benzene rings is 1. The monoisotopic (exact) mass is 258 g/mol. The fourth-order valence-electron chi connectivity index (χ4n) is 2.02. The van der Waals surface area contributed by atoms with E-state index in [0.29, 0.717) is 0 Å². The SMILES string of the molecule is Cc1ccccc1Cc1nc(CNC2CC2)cs1. The molecule has 0 aliphatic heterocycles. The van der Waals surface area contributed by atoms with Crippen LogP contribution in [0.4, 0.5) is 0 Å². The molecule has 1 N–H and O–H groups in total. The van der Waals surface area contributed by atoms with Gasteiger partial charge in [-0.2, -0.15) is 0 Å². The summed E-state index contributed by atoms with van der Waals surface area (Å²) in [6.45, 7) is 3.09. The number of nitrogens with zero attached hydrogens (tertiary/aromatic N) is 1. The summed E-state index contributed by atoms with van der Waals surface area (Å²) in [5.41, 5.74) is 3.93. The number of hydrogen-bond acceptors (Lipinski definition) is 3. The van der Waals surface area contributed by atoms with Crippen molar-refractivity contribution in [2.75, 3.05) is 0 Å². The van der Waals surface area contributed by atoms with E-state index >= 15 is 0 Å². The third-order valence-corrected chi connectivity index (χ3v) is 4.25. The zero-order chi connectivity index (χ0) is 12.4. The molecule has 1 fully saturated rings. The lowest BCUT2D eigenvalue weighted by atomic mass is 10.1. The summed E-state index contributed by atoms with van der Waals surface area (Å²) in [5.74, 6) is 0. The fourth-order valence-corrected chi connectivity index (χ4v) is 2.84. The number of thiazole rings is 1. The Hall–Kier alpha value is -1.19. The molecule has 0 amide bonds. The number of aromatic nitrogens is 1. The summed E-state index contributed by atoms with van der Waals surface area (Å²) >= 11 is 1.77. The lowest BCUT2D eigenvalue weighted by Gasteiger charge is -2.02. The summed E-state index contributed by atoms with van der Waals surface area (Å²) in [7, 11) is 0. The topological polar surface area (TPSA) is 24.9 Å². The van der Waals surface area contributed by atoms with Gasteiger partial charge >= 0.3 is 0 Å². The molecule has 2 aromatic rings. The van der Waals surface area contributed by atoms with Crippen molar-refractivity contribution in [3.8, 4) is 0 Å². The molecular formula is C15H18N2S.